The number of nitrogens with one attached hydrogen (secondary N) is 1. The van der Waals surface area contributed by atoms with Crippen molar-refractivity contribution in [1.82, 2.24) is 15.4 Å². The normalized spacial score (nSPS) is 27.8. The summed E-state index contributed by atoms with van der Waals surface area (Å²) in [6.07, 6.45) is 2.42. The fraction of sp³-hybridized carbons (Fsp3) is 0.526. The van der Waals surface area contributed by atoms with Crippen LogP contribution in [0.15, 0.2) is 34.9 Å². The minimum atomic E-state index is -0.164. The Hall–Kier alpha value is -1.72. The van der Waals surface area contributed by atoms with E-state index in [2.05, 4.69) is 15.4 Å². The van der Waals surface area contributed by atoms with Crippen LogP contribution in [0.5, 0.6) is 0 Å². The number of likely N-dealkylation sites (tertiary alicyclic amines) is 1. The molecule has 4 nitrogen and oxygen atoms in total. The fourth-order valence-corrected chi connectivity index (χ4v) is 4.49. The minimum Gasteiger partial charge on any atom is -0.361 e. The first-order valence-corrected chi connectivity index (χ1v) is 8.75. The number of hydrogen-bond acceptors (Lipinski definition) is 4. The Bertz CT molecular complexity index is 691. The third-order valence-electron chi connectivity index (χ3n) is 5.56. The molecule has 2 unspecified atom stereocenters. The van der Waals surface area contributed by atoms with Crippen LogP contribution in [-0.2, 0) is 6.54 Å². The molecule has 4 rings (SSSR count). The van der Waals surface area contributed by atoms with Crippen LogP contribution >= 0.6 is 0 Å². The van der Waals surface area contributed by atoms with E-state index in [1.165, 1.54) is 18.4 Å². The van der Waals surface area contributed by atoms with Crippen molar-refractivity contribution in [3.63, 3.8) is 0 Å². The summed E-state index contributed by atoms with van der Waals surface area (Å²) in [4.78, 5) is 2.47. The number of hydrogen-bond donors (Lipinski definition) is 1. The smallest absolute Gasteiger partial charge is 0.133 e. The van der Waals surface area contributed by atoms with Gasteiger partial charge in [0.05, 0.1) is 5.69 Å². The van der Waals surface area contributed by atoms with Gasteiger partial charge in [-0.1, -0.05) is 17.3 Å². The van der Waals surface area contributed by atoms with E-state index in [4.69, 9.17) is 4.52 Å². The maximum atomic E-state index is 13.3. The zero-order valence-electron chi connectivity index (χ0n) is 14.1. The Balaban J connectivity index is 1.58. The second-order valence-electron chi connectivity index (χ2n) is 7.35. The zero-order valence-corrected chi connectivity index (χ0v) is 14.1. The summed E-state index contributed by atoms with van der Waals surface area (Å²) in [7, 11) is 0. The van der Waals surface area contributed by atoms with Gasteiger partial charge in [-0.25, -0.2) is 4.39 Å². The number of rotatable bonds is 3. The molecule has 1 spiro atoms. The van der Waals surface area contributed by atoms with Crippen LogP contribution < -0.4 is 5.32 Å². The van der Waals surface area contributed by atoms with Crippen LogP contribution in [0.4, 0.5) is 4.39 Å². The molecule has 2 aliphatic rings. The number of nitrogens with zero attached hydrogens (tertiary/aromatic N) is 2. The van der Waals surface area contributed by atoms with E-state index in [0.717, 1.165) is 44.2 Å². The van der Waals surface area contributed by atoms with E-state index < -0.39 is 0 Å². The lowest BCUT2D eigenvalue weighted by Gasteiger charge is -2.39. The Morgan fingerprint density at radius 1 is 1.38 bits per heavy atom. The molecule has 2 atom stereocenters. The molecular formula is C19H24FN3O. The van der Waals surface area contributed by atoms with Crippen LogP contribution in [0.3, 0.4) is 0 Å². The summed E-state index contributed by atoms with van der Waals surface area (Å²) < 4.78 is 18.5. The topological polar surface area (TPSA) is 41.3 Å². The summed E-state index contributed by atoms with van der Waals surface area (Å²) in [5.41, 5.74) is 2.47. The molecule has 1 aromatic heterocycles. The molecule has 0 radical (unpaired) electrons. The first-order valence-electron chi connectivity index (χ1n) is 8.75. The van der Waals surface area contributed by atoms with Gasteiger partial charge in [-0.05, 0) is 44.0 Å². The van der Waals surface area contributed by atoms with E-state index in [0.29, 0.717) is 5.92 Å². The molecule has 2 fully saturated rings. The molecule has 2 saturated heterocycles. The van der Waals surface area contributed by atoms with Crippen molar-refractivity contribution in [2.24, 2.45) is 5.41 Å². The van der Waals surface area contributed by atoms with Gasteiger partial charge in [-0.2, -0.15) is 0 Å². The monoisotopic (exact) mass is 329 g/mol. The summed E-state index contributed by atoms with van der Waals surface area (Å²) in [6, 6.07) is 9.10. The molecule has 1 aromatic carbocycles. The van der Waals surface area contributed by atoms with Crippen LogP contribution in [-0.4, -0.2) is 36.2 Å². The molecule has 0 bridgehead atoms. The Morgan fingerprint density at radius 3 is 2.88 bits per heavy atom. The molecular weight excluding hydrogens is 305 g/mol. The van der Waals surface area contributed by atoms with Gasteiger partial charge in [0.1, 0.15) is 11.6 Å². The molecule has 2 aliphatic heterocycles. The van der Waals surface area contributed by atoms with E-state index >= 15 is 0 Å². The number of aryl methyl sites for hydroxylation is 1. The molecule has 0 aliphatic carbocycles. The maximum absolute atomic E-state index is 13.3. The SMILES string of the molecule is Cc1cc(CN2CC(c3ccc(F)cc3)C3(CCCNC3)C2)no1. The van der Waals surface area contributed by atoms with Crippen molar-refractivity contribution < 1.29 is 8.91 Å². The molecule has 128 valence electrons. The second kappa shape index (κ2) is 6.30. The zero-order chi connectivity index (χ0) is 16.6. The van der Waals surface area contributed by atoms with Crippen molar-refractivity contribution >= 4 is 0 Å². The molecule has 3 heterocycles. The predicted molar refractivity (Wildman–Crippen MR) is 90.2 cm³/mol. The average Bonchev–Trinajstić information content (AvgIpc) is 3.13. The van der Waals surface area contributed by atoms with E-state index in [9.17, 15) is 4.39 Å². The molecule has 24 heavy (non-hydrogen) atoms. The van der Waals surface area contributed by atoms with Gasteiger partial charge in [-0.3, -0.25) is 4.90 Å². The van der Waals surface area contributed by atoms with E-state index in [1.807, 2.05) is 25.1 Å². The third kappa shape index (κ3) is 2.98. The van der Waals surface area contributed by atoms with Gasteiger partial charge in [0.2, 0.25) is 0 Å². The summed E-state index contributed by atoms with van der Waals surface area (Å²) in [6.45, 7) is 6.90. The second-order valence-corrected chi connectivity index (χ2v) is 7.35. The lowest BCUT2D eigenvalue weighted by Crippen LogP contribution is -2.44. The van der Waals surface area contributed by atoms with Crippen molar-refractivity contribution in [2.75, 3.05) is 26.2 Å². The van der Waals surface area contributed by atoms with Crippen molar-refractivity contribution in [3.8, 4) is 0 Å². The van der Waals surface area contributed by atoms with Gasteiger partial charge in [0, 0.05) is 43.6 Å². The Morgan fingerprint density at radius 2 is 2.21 bits per heavy atom. The summed E-state index contributed by atoms with van der Waals surface area (Å²) in [5, 5.41) is 7.72. The van der Waals surface area contributed by atoms with Crippen LogP contribution in [0.1, 0.15) is 35.8 Å². The lowest BCUT2D eigenvalue weighted by atomic mass is 9.70. The highest BCUT2D eigenvalue weighted by Gasteiger charge is 2.47. The number of piperidine rings is 1. The highest BCUT2D eigenvalue weighted by Crippen LogP contribution is 2.47. The summed E-state index contributed by atoms with van der Waals surface area (Å²) >= 11 is 0. The standard InChI is InChI=1S/C19H24FN3O/c1-14-9-17(22-24-14)10-23-11-18(15-3-5-16(20)6-4-15)19(13-23)7-2-8-21-12-19/h3-6,9,18,21H,2,7-8,10-13H2,1H3. The van der Waals surface area contributed by atoms with Gasteiger partial charge in [0.25, 0.3) is 0 Å². The molecule has 2 aromatic rings. The molecule has 0 amide bonds. The first-order chi connectivity index (χ1) is 11.6. The van der Waals surface area contributed by atoms with Crippen LogP contribution in [0.25, 0.3) is 0 Å². The highest BCUT2D eigenvalue weighted by molar-refractivity contribution is 5.26. The van der Waals surface area contributed by atoms with Gasteiger partial charge >= 0.3 is 0 Å². The number of benzene rings is 1. The van der Waals surface area contributed by atoms with E-state index in [1.54, 1.807) is 12.1 Å². The number of aromatic nitrogens is 1. The lowest BCUT2D eigenvalue weighted by molar-refractivity contribution is 0.184. The van der Waals surface area contributed by atoms with Crippen molar-refractivity contribution in [3.05, 3.63) is 53.2 Å². The first kappa shape index (κ1) is 15.8. The maximum Gasteiger partial charge on any atom is 0.133 e. The Kier molecular flexibility index (Phi) is 4.14. The quantitative estimate of drug-likeness (QED) is 0.939. The van der Waals surface area contributed by atoms with Gasteiger partial charge in [0.15, 0.2) is 0 Å². The summed E-state index contributed by atoms with van der Waals surface area (Å²) in [5.74, 6) is 1.12. The fourth-order valence-electron chi connectivity index (χ4n) is 4.49. The van der Waals surface area contributed by atoms with Crippen molar-refractivity contribution in [1.29, 1.82) is 0 Å². The Labute approximate surface area is 142 Å². The highest BCUT2D eigenvalue weighted by atomic mass is 19.1. The van der Waals surface area contributed by atoms with E-state index in [-0.39, 0.29) is 11.2 Å². The van der Waals surface area contributed by atoms with Gasteiger partial charge in [-0.15, -0.1) is 0 Å². The number of halogens is 1. The predicted octanol–water partition coefficient (Wildman–Crippen LogP) is 3.09. The molecule has 0 saturated carbocycles. The largest absolute Gasteiger partial charge is 0.361 e. The van der Waals surface area contributed by atoms with Gasteiger partial charge < -0.3 is 9.84 Å². The molecule has 5 heteroatoms. The third-order valence-corrected chi connectivity index (χ3v) is 5.56. The minimum absolute atomic E-state index is 0.164. The van der Waals surface area contributed by atoms with Crippen molar-refractivity contribution in [2.45, 2.75) is 32.2 Å². The van der Waals surface area contributed by atoms with Crippen LogP contribution in [0.2, 0.25) is 0 Å². The van der Waals surface area contributed by atoms with Crippen LogP contribution in [0, 0.1) is 18.2 Å². The average molecular weight is 329 g/mol. The molecule has 1 N–H and O–H groups in total.